The summed E-state index contributed by atoms with van der Waals surface area (Å²) in [5.74, 6) is 0.720. The average Bonchev–Trinajstić information content (AvgIpc) is 2.63. The van der Waals surface area contributed by atoms with Gasteiger partial charge in [0.1, 0.15) is 5.82 Å². The van der Waals surface area contributed by atoms with Crippen molar-refractivity contribution in [2.45, 2.75) is 32.4 Å². The molecule has 1 unspecified atom stereocenters. The first-order chi connectivity index (χ1) is 12.2. The third-order valence-corrected chi connectivity index (χ3v) is 4.47. The van der Waals surface area contributed by atoms with Crippen molar-refractivity contribution in [1.29, 1.82) is 0 Å². The van der Waals surface area contributed by atoms with Gasteiger partial charge in [0.15, 0.2) is 0 Å². The van der Waals surface area contributed by atoms with Gasteiger partial charge in [0.05, 0.1) is 0 Å². The van der Waals surface area contributed by atoms with Crippen LogP contribution in [-0.2, 0) is 6.54 Å². The van der Waals surface area contributed by atoms with Gasteiger partial charge in [0, 0.05) is 37.4 Å². The number of aromatic nitrogens is 1. The number of rotatable bonds is 6. The number of likely N-dealkylation sites (tertiary alicyclic amines) is 1. The minimum absolute atomic E-state index is 0.0203. The van der Waals surface area contributed by atoms with Gasteiger partial charge in [-0.2, -0.15) is 0 Å². The SMILES string of the molecule is CCNc1cc(C(=O)NC2CCCN(Cc3ccccc3)C2)ccn1. The number of piperidine rings is 1. The van der Waals surface area contributed by atoms with Gasteiger partial charge < -0.3 is 10.6 Å². The van der Waals surface area contributed by atoms with Crippen LogP contribution in [0.3, 0.4) is 0 Å². The van der Waals surface area contributed by atoms with Crippen molar-refractivity contribution in [3.8, 4) is 0 Å². The lowest BCUT2D eigenvalue weighted by molar-refractivity contribution is 0.0900. The summed E-state index contributed by atoms with van der Waals surface area (Å²) in [5.41, 5.74) is 1.98. The first-order valence-corrected chi connectivity index (χ1v) is 9.01. The zero-order valence-electron chi connectivity index (χ0n) is 14.7. The fourth-order valence-electron chi connectivity index (χ4n) is 3.28. The molecule has 2 aromatic rings. The molecule has 5 heteroatoms. The van der Waals surface area contributed by atoms with E-state index in [1.54, 1.807) is 12.3 Å². The van der Waals surface area contributed by atoms with Crippen LogP contribution >= 0.6 is 0 Å². The number of amides is 1. The van der Waals surface area contributed by atoms with E-state index in [0.717, 1.165) is 44.8 Å². The van der Waals surface area contributed by atoms with Gasteiger partial charge in [0.25, 0.3) is 5.91 Å². The number of carbonyl (C=O) groups excluding carboxylic acids is 1. The summed E-state index contributed by atoms with van der Waals surface area (Å²) in [4.78, 5) is 19.2. The van der Waals surface area contributed by atoms with Crippen LogP contribution in [0, 0.1) is 0 Å². The van der Waals surface area contributed by atoms with Crippen molar-refractivity contribution >= 4 is 11.7 Å². The number of carbonyl (C=O) groups is 1. The molecular formula is C20H26N4O. The van der Waals surface area contributed by atoms with Crippen molar-refractivity contribution in [3.63, 3.8) is 0 Å². The molecule has 0 spiro atoms. The number of anilines is 1. The lowest BCUT2D eigenvalue weighted by Crippen LogP contribution is -2.47. The zero-order chi connectivity index (χ0) is 17.5. The number of pyridine rings is 1. The Morgan fingerprint density at radius 1 is 1.28 bits per heavy atom. The summed E-state index contributed by atoms with van der Waals surface area (Å²) in [5, 5.41) is 6.33. The zero-order valence-corrected chi connectivity index (χ0v) is 14.7. The second kappa shape index (κ2) is 8.62. The molecule has 2 heterocycles. The first-order valence-electron chi connectivity index (χ1n) is 9.01. The normalized spacial score (nSPS) is 17.9. The van der Waals surface area contributed by atoms with E-state index in [-0.39, 0.29) is 11.9 Å². The summed E-state index contributed by atoms with van der Waals surface area (Å²) in [6.45, 7) is 5.72. The quantitative estimate of drug-likeness (QED) is 0.850. The molecule has 1 fully saturated rings. The molecule has 2 N–H and O–H groups in total. The smallest absolute Gasteiger partial charge is 0.251 e. The van der Waals surface area contributed by atoms with E-state index in [9.17, 15) is 4.79 Å². The van der Waals surface area contributed by atoms with Crippen LogP contribution in [0.15, 0.2) is 48.7 Å². The average molecular weight is 338 g/mol. The molecule has 0 radical (unpaired) electrons. The molecule has 1 saturated heterocycles. The van der Waals surface area contributed by atoms with E-state index in [0.29, 0.717) is 5.56 Å². The van der Waals surface area contributed by atoms with Gasteiger partial charge in [-0.3, -0.25) is 9.69 Å². The highest BCUT2D eigenvalue weighted by atomic mass is 16.1. The molecule has 1 amide bonds. The van der Waals surface area contributed by atoms with Crippen LogP contribution in [-0.4, -0.2) is 41.5 Å². The first kappa shape index (κ1) is 17.4. The highest BCUT2D eigenvalue weighted by Gasteiger charge is 2.22. The van der Waals surface area contributed by atoms with E-state index in [1.165, 1.54) is 5.56 Å². The minimum Gasteiger partial charge on any atom is -0.370 e. The Morgan fingerprint density at radius 2 is 2.12 bits per heavy atom. The Balaban J connectivity index is 1.56. The van der Waals surface area contributed by atoms with Crippen LogP contribution in [0.5, 0.6) is 0 Å². The number of hydrogen-bond donors (Lipinski definition) is 2. The highest BCUT2D eigenvalue weighted by molar-refractivity contribution is 5.95. The second-order valence-corrected chi connectivity index (χ2v) is 6.49. The molecule has 5 nitrogen and oxygen atoms in total. The Hall–Kier alpha value is -2.40. The fourth-order valence-corrected chi connectivity index (χ4v) is 3.28. The van der Waals surface area contributed by atoms with Gasteiger partial charge in [-0.15, -0.1) is 0 Å². The molecule has 1 aliphatic heterocycles. The van der Waals surface area contributed by atoms with E-state index in [1.807, 2.05) is 19.1 Å². The van der Waals surface area contributed by atoms with E-state index < -0.39 is 0 Å². The Labute approximate surface area is 149 Å². The maximum absolute atomic E-state index is 12.5. The number of nitrogens with one attached hydrogen (secondary N) is 2. The lowest BCUT2D eigenvalue weighted by atomic mass is 10.0. The molecule has 1 atom stereocenters. The standard InChI is InChI=1S/C20H26N4O/c1-2-21-19-13-17(10-11-22-19)20(25)23-18-9-6-12-24(15-18)14-16-7-4-3-5-8-16/h3-5,7-8,10-11,13,18H,2,6,9,12,14-15H2,1H3,(H,21,22)(H,23,25). The third-order valence-electron chi connectivity index (χ3n) is 4.47. The van der Waals surface area contributed by atoms with Crippen LogP contribution in [0.1, 0.15) is 35.7 Å². The maximum atomic E-state index is 12.5. The third kappa shape index (κ3) is 5.03. The number of nitrogens with zero attached hydrogens (tertiary/aromatic N) is 2. The van der Waals surface area contributed by atoms with E-state index in [2.05, 4.69) is 44.8 Å². The maximum Gasteiger partial charge on any atom is 0.251 e. The number of benzene rings is 1. The van der Waals surface area contributed by atoms with E-state index >= 15 is 0 Å². The summed E-state index contributed by atoms with van der Waals surface area (Å²) in [6.07, 6.45) is 3.81. The Bertz CT molecular complexity index is 689. The predicted molar refractivity (Wildman–Crippen MR) is 101 cm³/mol. The Kier molecular flexibility index (Phi) is 6.01. The second-order valence-electron chi connectivity index (χ2n) is 6.49. The van der Waals surface area contributed by atoms with Crippen molar-refractivity contribution < 1.29 is 4.79 Å². The van der Waals surface area contributed by atoms with E-state index in [4.69, 9.17) is 0 Å². The number of hydrogen-bond acceptors (Lipinski definition) is 4. The van der Waals surface area contributed by atoms with Gasteiger partial charge in [-0.25, -0.2) is 4.98 Å². The van der Waals surface area contributed by atoms with Crippen LogP contribution in [0.4, 0.5) is 5.82 Å². The fraction of sp³-hybridized carbons (Fsp3) is 0.400. The summed E-state index contributed by atoms with van der Waals surface area (Å²) in [6, 6.07) is 14.3. The van der Waals surface area contributed by atoms with Gasteiger partial charge in [-0.05, 0) is 44.0 Å². The van der Waals surface area contributed by atoms with Crippen molar-refractivity contribution in [1.82, 2.24) is 15.2 Å². The molecule has 0 bridgehead atoms. The van der Waals surface area contributed by atoms with Gasteiger partial charge >= 0.3 is 0 Å². The summed E-state index contributed by atoms with van der Waals surface area (Å²) >= 11 is 0. The summed E-state index contributed by atoms with van der Waals surface area (Å²) in [7, 11) is 0. The van der Waals surface area contributed by atoms with Crippen LogP contribution < -0.4 is 10.6 Å². The van der Waals surface area contributed by atoms with Gasteiger partial charge in [0.2, 0.25) is 0 Å². The predicted octanol–water partition coefficient (Wildman–Crippen LogP) is 2.91. The monoisotopic (exact) mass is 338 g/mol. The molecule has 1 aromatic heterocycles. The molecule has 25 heavy (non-hydrogen) atoms. The molecule has 3 rings (SSSR count). The molecule has 0 saturated carbocycles. The molecule has 0 aliphatic carbocycles. The van der Waals surface area contributed by atoms with Crippen molar-refractivity contribution in [2.24, 2.45) is 0 Å². The van der Waals surface area contributed by atoms with Crippen LogP contribution in [0.2, 0.25) is 0 Å². The molecular weight excluding hydrogens is 312 g/mol. The van der Waals surface area contributed by atoms with Gasteiger partial charge in [-0.1, -0.05) is 30.3 Å². The highest BCUT2D eigenvalue weighted by Crippen LogP contribution is 2.15. The largest absolute Gasteiger partial charge is 0.370 e. The molecule has 1 aliphatic rings. The van der Waals surface area contributed by atoms with Crippen LogP contribution in [0.25, 0.3) is 0 Å². The lowest BCUT2D eigenvalue weighted by Gasteiger charge is -2.33. The minimum atomic E-state index is -0.0203. The van der Waals surface area contributed by atoms with Crippen molar-refractivity contribution in [2.75, 3.05) is 25.0 Å². The van der Waals surface area contributed by atoms with Crippen molar-refractivity contribution in [3.05, 3.63) is 59.8 Å². The summed E-state index contributed by atoms with van der Waals surface area (Å²) < 4.78 is 0. The molecule has 1 aromatic carbocycles. The Morgan fingerprint density at radius 3 is 2.92 bits per heavy atom. The topological polar surface area (TPSA) is 57.3 Å². The molecule has 132 valence electrons.